The van der Waals surface area contributed by atoms with Crippen LogP contribution in [-0.4, -0.2) is 52.7 Å². The number of amides is 1. The highest BCUT2D eigenvalue weighted by Gasteiger charge is 2.32. The van der Waals surface area contributed by atoms with E-state index in [0.717, 1.165) is 42.7 Å². The molecule has 1 saturated heterocycles. The van der Waals surface area contributed by atoms with Gasteiger partial charge in [-0.1, -0.05) is 23.4 Å². The van der Waals surface area contributed by atoms with Gasteiger partial charge in [-0.25, -0.2) is 0 Å². The van der Waals surface area contributed by atoms with Crippen LogP contribution in [0.2, 0.25) is 5.02 Å². The summed E-state index contributed by atoms with van der Waals surface area (Å²) in [6.07, 6.45) is 2.28. The average Bonchev–Trinajstić information content (AvgIpc) is 3.41. The van der Waals surface area contributed by atoms with E-state index in [1.165, 1.54) is 11.8 Å². The molecule has 0 bridgehead atoms. The van der Waals surface area contributed by atoms with Crippen molar-refractivity contribution in [3.05, 3.63) is 29.3 Å². The molecular weight excluding hydrogens is 374 g/mol. The molecule has 0 atom stereocenters. The molecule has 0 spiro atoms. The Morgan fingerprint density at radius 1 is 1.23 bits per heavy atom. The normalized spacial score (nSPS) is 17.3. The molecule has 0 unspecified atom stereocenters. The summed E-state index contributed by atoms with van der Waals surface area (Å²) in [4.78, 5) is 14.4. The Morgan fingerprint density at radius 3 is 2.65 bits per heavy atom. The van der Waals surface area contributed by atoms with E-state index in [1.54, 1.807) is 24.3 Å². The third-order valence-electron chi connectivity index (χ3n) is 4.31. The number of morpholine rings is 1. The predicted octanol–water partition coefficient (Wildman–Crippen LogP) is 2.83. The lowest BCUT2D eigenvalue weighted by atomic mass is 10.3. The first-order chi connectivity index (χ1) is 12.7. The molecule has 2 aromatic rings. The largest absolute Gasteiger partial charge is 0.378 e. The van der Waals surface area contributed by atoms with Crippen molar-refractivity contribution in [1.82, 2.24) is 14.8 Å². The number of hydrogen-bond donors (Lipinski definition) is 1. The van der Waals surface area contributed by atoms with Crippen LogP contribution in [0.4, 0.5) is 11.6 Å². The molecule has 1 saturated carbocycles. The van der Waals surface area contributed by atoms with Gasteiger partial charge in [0.1, 0.15) is 0 Å². The SMILES string of the molecule is O=C(CSc1nnc(N2CCOCC2)n1C1CC1)Nc1ccc(Cl)cc1. The third-order valence-corrected chi connectivity index (χ3v) is 5.51. The van der Waals surface area contributed by atoms with Gasteiger partial charge in [0.2, 0.25) is 11.9 Å². The van der Waals surface area contributed by atoms with Gasteiger partial charge in [-0.2, -0.15) is 0 Å². The quantitative estimate of drug-likeness (QED) is 0.761. The molecule has 1 amide bonds. The summed E-state index contributed by atoms with van der Waals surface area (Å²) >= 11 is 7.29. The first kappa shape index (κ1) is 17.6. The van der Waals surface area contributed by atoms with Gasteiger partial charge in [0.05, 0.1) is 19.0 Å². The van der Waals surface area contributed by atoms with Crippen molar-refractivity contribution < 1.29 is 9.53 Å². The van der Waals surface area contributed by atoms with Crippen LogP contribution in [0.1, 0.15) is 18.9 Å². The fourth-order valence-electron chi connectivity index (χ4n) is 2.86. The number of rotatable bonds is 6. The van der Waals surface area contributed by atoms with E-state index < -0.39 is 0 Å². The molecule has 1 aliphatic heterocycles. The van der Waals surface area contributed by atoms with Crippen LogP contribution in [0.15, 0.2) is 29.4 Å². The molecule has 2 heterocycles. The molecule has 1 N–H and O–H groups in total. The van der Waals surface area contributed by atoms with Crippen LogP contribution < -0.4 is 10.2 Å². The number of thioether (sulfide) groups is 1. The minimum absolute atomic E-state index is 0.0735. The number of nitrogens with one attached hydrogen (secondary N) is 1. The summed E-state index contributed by atoms with van der Waals surface area (Å²) in [5.74, 6) is 1.11. The minimum Gasteiger partial charge on any atom is -0.378 e. The average molecular weight is 394 g/mol. The molecule has 2 fully saturated rings. The Labute approximate surface area is 161 Å². The monoisotopic (exact) mass is 393 g/mol. The maximum Gasteiger partial charge on any atom is 0.234 e. The van der Waals surface area contributed by atoms with Crippen LogP contribution >= 0.6 is 23.4 Å². The first-order valence-electron chi connectivity index (χ1n) is 8.66. The van der Waals surface area contributed by atoms with Gasteiger partial charge in [0, 0.05) is 29.8 Å². The molecule has 9 heteroatoms. The molecule has 7 nitrogen and oxygen atoms in total. The van der Waals surface area contributed by atoms with Crippen LogP contribution in [0.5, 0.6) is 0 Å². The number of ether oxygens (including phenoxy) is 1. The standard InChI is InChI=1S/C17H20ClN5O2S/c18-12-1-3-13(4-2-12)19-15(24)11-26-17-21-20-16(23(17)14-5-6-14)22-7-9-25-10-8-22/h1-4,14H,5-11H2,(H,19,24). The van der Waals surface area contributed by atoms with E-state index in [1.807, 2.05) is 0 Å². The molecule has 1 aromatic carbocycles. The smallest absolute Gasteiger partial charge is 0.234 e. The highest BCUT2D eigenvalue weighted by atomic mass is 35.5. The fraction of sp³-hybridized carbons (Fsp3) is 0.471. The van der Waals surface area contributed by atoms with Crippen molar-refractivity contribution in [3.8, 4) is 0 Å². The zero-order valence-corrected chi connectivity index (χ0v) is 15.8. The topological polar surface area (TPSA) is 72.3 Å². The summed E-state index contributed by atoms with van der Waals surface area (Å²) in [5.41, 5.74) is 0.734. The molecule has 2 aliphatic rings. The van der Waals surface area contributed by atoms with Gasteiger partial charge in [0.15, 0.2) is 5.16 Å². The predicted molar refractivity (Wildman–Crippen MR) is 102 cm³/mol. The number of halogens is 1. The molecule has 26 heavy (non-hydrogen) atoms. The second kappa shape index (κ2) is 7.85. The fourth-order valence-corrected chi connectivity index (χ4v) is 3.79. The van der Waals surface area contributed by atoms with E-state index in [-0.39, 0.29) is 11.7 Å². The van der Waals surface area contributed by atoms with Gasteiger partial charge < -0.3 is 15.0 Å². The lowest BCUT2D eigenvalue weighted by Crippen LogP contribution is -2.38. The zero-order valence-electron chi connectivity index (χ0n) is 14.2. The number of hydrogen-bond acceptors (Lipinski definition) is 6. The lowest BCUT2D eigenvalue weighted by Gasteiger charge is -2.27. The van der Waals surface area contributed by atoms with Crippen molar-refractivity contribution in [1.29, 1.82) is 0 Å². The lowest BCUT2D eigenvalue weighted by molar-refractivity contribution is -0.113. The van der Waals surface area contributed by atoms with E-state index in [0.29, 0.717) is 24.3 Å². The molecule has 1 aliphatic carbocycles. The van der Waals surface area contributed by atoms with Crippen molar-refractivity contribution in [2.45, 2.75) is 24.0 Å². The minimum atomic E-state index is -0.0735. The van der Waals surface area contributed by atoms with Crippen LogP contribution in [0.25, 0.3) is 0 Å². The van der Waals surface area contributed by atoms with E-state index in [9.17, 15) is 4.79 Å². The summed E-state index contributed by atoms with van der Waals surface area (Å²) in [6, 6.07) is 7.53. The van der Waals surface area contributed by atoms with Gasteiger partial charge in [-0.05, 0) is 37.1 Å². The van der Waals surface area contributed by atoms with Gasteiger partial charge >= 0.3 is 0 Å². The molecule has 1 aromatic heterocycles. The second-order valence-electron chi connectivity index (χ2n) is 6.33. The Bertz CT molecular complexity index is 772. The van der Waals surface area contributed by atoms with Crippen LogP contribution in [-0.2, 0) is 9.53 Å². The van der Waals surface area contributed by atoms with Crippen LogP contribution in [0, 0.1) is 0 Å². The van der Waals surface area contributed by atoms with Gasteiger partial charge in [-0.3, -0.25) is 9.36 Å². The number of carbonyl (C=O) groups is 1. The summed E-state index contributed by atoms with van der Waals surface area (Å²) in [5, 5.41) is 13.0. The highest BCUT2D eigenvalue weighted by molar-refractivity contribution is 7.99. The number of anilines is 2. The summed E-state index contributed by atoms with van der Waals surface area (Å²) < 4.78 is 7.61. The molecule has 4 rings (SSSR count). The number of aromatic nitrogens is 3. The Hall–Kier alpha value is -1.77. The van der Waals surface area contributed by atoms with Crippen molar-refractivity contribution in [3.63, 3.8) is 0 Å². The maximum atomic E-state index is 12.2. The number of carbonyl (C=O) groups excluding carboxylic acids is 1. The van der Waals surface area contributed by atoms with E-state index >= 15 is 0 Å². The van der Waals surface area contributed by atoms with Crippen molar-refractivity contribution in [2.75, 3.05) is 42.3 Å². The number of benzene rings is 1. The van der Waals surface area contributed by atoms with Gasteiger partial charge in [-0.15, -0.1) is 10.2 Å². The first-order valence-corrected chi connectivity index (χ1v) is 10.0. The molecular formula is C17H20ClN5O2S. The molecule has 138 valence electrons. The summed E-state index contributed by atoms with van der Waals surface area (Å²) in [7, 11) is 0. The van der Waals surface area contributed by atoms with E-state index in [2.05, 4.69) is 25.0 Å². The molecule has 0 radical (unpaired) electrons. The van der Waals surface area contributed by atoms with Crippen molar-refractivity contribution in [2.24, 2.45) is 0 Å². The highest BCUT2D eigenvalue weighted by Crippen LogP contribution is 2.41. The Balaban J connectivity index is 1.40. The Morgan fingerprint density at radius 2 is 1.96 bits per heavy atom. The van der Waals surface area contributed by atoms with E-state index in [4.69, 9.17) is 16.3 Å². The maximum absolute atomic E-state index is 12.2. The summed E-state index contributed by atoms with van der Waals surface area (Å²) in [6.45, 7) is 3.08. The van der Waals surface area contributed by atoms with Crippen molar-refractivity contribution >= 4 is 40.9 Å². The van der Waals surface area contributed by atoms with Gasteiger partial charge in [0.25, 0.3) is 0 Å². The third kappa shape index (κ3) is 4.13. The Kier molecular flexibility index (Phi) is 5.33. The zero-order chi connectivity index (χ0) is 17.9. The number of nitrogens with zero attached hydrogens (tertiary/aromatic N) is 4. The van der Waals surface area contributed by atoms with Crippen LogP contribution in [0.3, 0.4) is 0 Å². The second-order valence-corrected chi connectivity index (χ2v) is 7.71.